The van der Waals surface area contributed by atoms with Crippen LogP contribution in [-0.2, 0) is 20.7 Å². The summed E-state index contributed by atoms with van der Waals surface area (Å²) < 4.78 is 5.70. The van der Waals surface area contributed by atoms with Gasteiger partial charge in [-0.25, -0.2) is 4.79 Å². The molecule has 21 heavy (non-hydrogen) atoms. The summed E-state index contributed by atoms with van der Waals surface area (Å²) in [5.41, 5.74) is 0.904. The highest BCUT2D eigenvalue weighted by Crippen LogP contribution is 2.22. The minimum absolute atomic E-state index is 0.190. The van der Waals surface area contributed by atoms with E-state index in [1.165, 1.54) is 7.11 Å². The molecule has 1 aromatic carbocycles. The number of aryl methyl sites for hydroxylation is 1. The van der Waals surface area contributed by atoms with Crippen molar-refractivity contribution in [2.75, 3.05) is 13.7 Å². The summed E-state index contributed by atoms with van der Waals surface area (Å²) in [6, 6.07) is 4.41. The van der Waals surface area contributed by atoms with Crippen molar-refractivity contribution >= 4 is 39.4 Å². The number of hydrogen-bond acceptors (Lipinski definition) is 3. The van der Waals surface area contributed by atoms with Gasteiger partial charge >= 0.3 is 5.97 Å². The van der Waals surface area contributed by atoms with Crippen LogP contribution in [0.3, 0.4) is 0 Å². The Balaban J connectivity index is 2.52. The normalized spacial score (nSPS) is 12.0. The maximum atomic E-state index is 11.8. The molecule has 1 amide bonds. The van der Waals surface area contributed by atoms with Gasteiger partial charge in [0.2, 0.25) is 5.91 Å². The van der Waals surface area contributed by atoms with Crippen LogP contribution in [0.4, 0.5) is 0 Å². The highest BCUT2D eigenvalue weighted by molar-refractivity contribution is 9.10. The molecule has 0 aliphatic rings. The number of carboxylic acids is 1. The van der Waals surface area contributed by atoms with Crippen LogP contribution in [0.1, 0.15) is 18.4 Å². The molecule has 0 saturated carbocycles. The SMILES string of the molecule is COCCC(NC(=O)CCc1cc(Cl)ccc1Br)C(=O)O. The fourth-order valence-corrected chi connectivity index (χ4v) is 2.38. The standard InChI is InChI=1S/C14H17BrClNO4/c1-21-7-6-12(14(19)20)17-13(18)5-2-9-8-10(16)3-4-11(9)15/h3-4,8,12H,2,5-7H2,1H3,(H,17,18)(H,19,20). The van der Waals surface area contributed by atoms with Crippen LogP contribution in [0.15, 0.2) is 22.7 Å². The van der Waals surface area contributed by atoms with E-state index < -0.39 is 12.0 Å². The highest BCUT2D eigenvalue weighted by Gasteiger charge is 2.19. The zero-order chi connectivity index (χ0) is 15.8. The number of carboxylic acid groups (broad SMARTS) is 1. The first-order valence-electron chi connectivity index (χ1n) is 6.39. The second kappa shape index (κ2) is 9.02. The third kappa shape index (κ3) is 6.46. The number of nitrogens with one attached hydrogen (secondary N) is 1. The Bertz CT molecular complexity index is 510. The minimum Gasteiger partial charge on any atom is -0.480 e. The molecule has 0 saturated heterocycles. The second-order valence-corrected chi connectivity index (χ2v) is 5.77. The van der Waals surface area contributed by atoms with E-state index in [1.54, 1.807) is 12.1 Å². The predicted octanol–water partition coefficient (Wildman–Crippen LogP) is 2.64. The fourth-order valence-electron chi connectivity index (χ4n) is 1.74. The molecule has 1 atom stereocenters. The molecule has 5 nitrogen and oxygen atoms in total. The lowest BCUT2D eigenvalue weighted by Crippen LogP contribution is -2.41. The van der Waals surface area contributed by atoms with Crippen LogP contribution >= 0.6 is 27.5 Å². The van der Waals surface area contributed by atoms with Crippen LogP contribution in [0.2, 0.25) is 5.02 Å². The number of methoxy groups -OCH3 is 1. The van der Waals surface area contributed by atoms with Crippen LogP contribution in [-0.4, -0.2) is 36.7 Å². The molecule has 0 aromatic heterocycles. The van der Waals surface area contributed by atoms with E-state index in [9.17, 15) is 9.59 Å². The van der Waals surface area contributed by atoms with E-state index >= 15 is 0 Å². The smallest absolute Gasteiger partial charge is 0.326 e. The van der Waals surface area contributed by atoms with Gasteiger partial charge < -0.3 is 15.2 Å². The Kier molecular flexibility index (Phi) is 7.71. The monoisotopic (exact) mass is 377 g/mol. The molecule has 0 bridgehead atoms. The number of carbonyl (C=O) groups excluding carboxylic acids is 1. The molecule has 1 aromatic rings. The molecule has 0 heterocycles. The molecule has 0 fully saturated rings. The third-order valence-corrected chi connectivity index (χ3v) is 3.88. The van der Waals surface area contributed by atoms with Crippen molar-refractivity contribution in [1.29, 1.82) is 0 Å². The van der Waals surface area contributed by atoms with Gasteiger partial charge in [0, 0.05) is 36.1 Å². The Labute approximate surface area is 136 Å². The molecule has 116 valence electrons. The molecule has 0 spiro atoms. The molecule has 0 aliphatic heterocycles. The van der Waals surface area contributed by atoms with E-state index in [0.29, 0.717) is 11.4 Å². The topological polar surface area (TPSA) is 75.6 Å². The summed E-state index contributed by atoms with van der Waals surface area (Å²) in [5, 5.41) is 12.1. The lowest BCUT2D eigenvalue weighted by molar-refractivity contribution is -0.142. The number of hydrogen-bond donors (Lipinski definition) is 2. The fraction of sp³-hybridized carbons (Fsp3) is 0.429. The Morgan fingerprint density at radius 1 is 1.48 bits per heavy atom. The first-order chi connectivity index (χ1) is 9.93. The number of aliphatic carboxylic acids is 1. The predicted molar refractivity (Wildman–Crippen MR) is 83.5 cm³/mol. The zero-order valence-corrected chi connectivity index (χ0v) is 13.9. The van der Waals surface area contributed by atoms with Crippen molar-refractivity contribution in [3.8, 4) is 0 Å². The lowest BCUT2D eigenvalue weighted by atomic mass is 10.1. The summed E-state index contributed by atoms with van der Waals surface area (Å²) in [6.07, 6.45) is 0.901. The first-order valence-corrected chi connectivity index (χ1v) is 7.56. The minimum atomic E-state index is -1.07. The van der Waals surface area contributed by atoms with Crippen molar-refractivity contribution in [3.63, 3.8) is 0 Å². The molecule has 1 unspecified atom stereocenters. The number of benzene rings is 1. The quantitative estimate of drug-likeness (QED) is 0.729. The largest absolute Gasteiger partial charge is 0.480 e. The third-order valence-electron chi connectivity index (χ3n) is 2.87. The number of carbonyl (C=O) groups is 2. The Morgan fingerprint density at radius 2 is 2.19 bits per heavy atom. The van der Waals surface area contributed by atoms with Crippen molar-refractivity contribution in [2.45, 2.75) is 25.3 Å². The average Bonchev–Trinajstić information content (AvgIpc) is 2.44. The van der Waals surface area contributed by atoms with Crippen LogP contribution < -0.4 is 5.32 Å². The Hall–Kier alpha value is -1.11. The lowest BCUT2D eigenvalue weighted by Gasteiger charge is -2.14. The van der Waals surface area contributed by atoms with E-state index in [-0.39, 0.29) is 25.4 Å². The van der Waals surface area contributed by atoms with Gasteiger partial charge in [0.05, 0.1) is 0 Å². The maximum absolute atomic E-state index is 11.8. The number of rotatable bonds is 8. The van der Waals surface area contributed by atoms with Crippen LogP contribution in [0, 0.1) is 0 Å². The first kappa shape index (κ1) is 17.9. The zero-order valence-electron chi connectivity index (χ0n) is 11.6. The molecular formula is C14H17BrClNO4. The number of amides is 1. The van der Waals surface area contributed by atoms with Gasteiger partial charge in [-0.05, 0) is 30.2 Å². The van der Waals surface area contributed by atoms with E-state index in [4.69, 9.17) is 21.4 Å². The average molecular weight is 379 g/mol. The molecular weight excluding hydrogens is 362 g/mol. The summed E-state index contributed by atoms with van der Waals surface area (Å²) in [7, 11) is 1.48. The van der Waals surface area contributed by atoms with Crippen LogP contribution in [0.25, 0.3) is 0 Å². The maximum Gasteiger partial charge on any atom is 0.326 e. The van der Waals surface area contributed by atoms with Gasteiger partial charge in [-0.2, -0.15) is 0 Å². The summed E-state index contributed by atoms with van der Waals surface area (Å²) in [4.78, 5) is 22.8. The van der Waals surface area contributed by atoms with Crippen molar-refractivity contribution in [3.05, 3.63) is 33.3 Å². The summed E-state index contributed by atoms with van der Waals surface area (Å²) in [6.45, 7) is 0.275. The van der Waals surface area contributed by atoms with Gasteiger partial charge in [-0.3, -0.25) is 4.79 Å². The van der Waals surface area contributed by atoms with Crippen molar-refractivity contribution in [1.82, 2.24) is 5.32 Å². The summed E-state index contributed by atoms with van der Waals surface area (Å²) >= 11 is 9.29. The van der Waals surface area contributed by atoms with Crippen molar-refractivity contribution < 1.29 is 19.4 Å². The van der Waals surface area contributed by atoms with E-state index in [2.05, 4.69) is 21.2 Å². The molecule has 7 heteroatoms. The molecule has 0 aliphatic carbocycles. The van der Waals surface area contributed by atoms with Crippen LogP contribution in [0.5, 0.6) is 0 Å². The Morgan fingerprint density at radius 3 is 2.81 bits per heavy atom. The second-order valence-electron chi connectivity index (χ2n) is 4.48. The van der Waals surface area contributed by atoms with Gasteiger partial charge in [-0.15, -0.1) is 0 Å². The van der Waals surface area contributed by atoms with Crippen molar-refractivity contribution in [2.24, 2.45) is 0 Å². The molecule has 1 rings (SSSR count). The van der Waals surface area contributed by atoms with Gasteiger partial charge in [0.25, 0.3) is 0 Å². The number of ether oxygens (including phenoxy) is 1. The summed E-state index contributed by atoms with van der Waals surface area (Å²) in [5.74, 6) is -1.38. The molecule has 2 N–H and O–H groups in total. The van der Waals surface area contributed by atoms with Gasteiger partial charge in [0.1, 0.15) is 6.04 Å². The van der Waals surface area contributed by atoms with E-state index in [1.807, 2.05) is 6.07 Å². The highest BCUT2D eigenvalue weighted by atomic mass is 79.9. The van der Waals surface area contributed by atoms with E-state index in [0.717, 1.165) is 10.0 Å². The molecule has 0 radical (unpaired) electrons. The van der Waals surface area contributed by atoms with Gasteiger partial charge in [0.15, 0.2) is 0 Å². The van der Waals surface area contributed by atoms with Gasteiger partial charge in [-0.1, -0.05) is 27.5 Å². The number of halogens is 2.